The molecule has 1 aliphatic heterocycles. The lowest BCUT2D eigenvalue weighted by Crippen LogP contribution is -3.00. The zero-order chi connectivity index (χ0) is 20.7. The molecule has 36 heavy (non-hydrogen) atoms. The van der Waals surface area contributed by atoms with Crippen LogP contribution in [0.1, 0.15) is 22.8 Å². The van der Waals surface area contributed by atoms with Crippen LogP contribution in [0.4, 0.5) is 0 Å². The molecule has 0 unspecified atom stereocenters. The number of halogens is 6. The average molecular weight is 631 g/mol. The molecule has 0 amide bonds. The van der Waals surface area contributed by atoms with Gasteiger partial charge in [-0.25, -0.2) is 9.97 Å². The second kappa shape index (κ2) is 27.8. The number of fused-ring (bicyclic) bond motifs is 4. The second-order valence-corrected chi connectivity index (χ2v) is 8.10. The van der Waals surface area contributed by atoms with Gasteiger partial charge in [-0.15, -0.1) is 0 Å². The van der Waals surface area contributed by atoms with Crippen molar-refractivity contribution >= 4 is 0 Å². The van der Waals surface area contributed by atoms with E-state index in [1.807, 2.05) is 0 Å². The minimum absolute atomic E-state index is 0. The number of hydrogen-bond donors (Lipinski definition) is 6. The standard InChI is InChI=1S/C22H36N8.6ClH/c1-3-19-15-25-11-7-23-9-13-27-17-21-5-2-6-22(30-21)18-28-14-10-24-8-12-26-16-20(4-1)29-19;;;;;;/h1-6,23-28H,7-18H2;6*1H. The third-order valence-electron chi connectivity index (χ3n) is 5.44. The topological polar surface area (TPSA) is 125 Å². The molecule has 14 heteroatoms. The van der Waals surface area contributed by atoms with E-state index in [-0.39, 0.29) is 74.4 Å². The summed E-state index contributed by atoms with van der Waals surface area (Å²) in [6, 6.07) is 12.9. The number of pyridine rings is 2. The van der Waals surface area contributed by atoms with Crippen molar-refractivity contribution in [2.24, 2.45) is 0 Å². The molecular weight excluding hydrogens is 589 g/mol. The molecule has 2 aromatic rings. The fraction of sp³-hybridized carbons (Fsp3) is 0.545. The van der Waals surface area contributed by atoms with Crippen LogP contribution in [0.5, 0.6) is 0 Å². The first-order valence-corrected chi connectivity index (χ1v) is 11.7. The van der Waals surface area contributed by atoms with Crippen molar-refractivity contribution in [2.45, 2.75) is 26.2 Å². The lowest BCUT2D eigenvalue weighted by molar-refractivity contribution is -0.758. The summed E-state index contributed by atoms with van der Waals surface area (Å²) in [7, 11) is 0. The van der Waals surface area contributed by atoms with Crippen LogP contribution in [-0.2, 0) is 26.2 Å². The molecule has 0 aliphatic carbocycles. The fourth-order valence-electron chi connectivity index (χ4n) is 3.74. The predicted molar refractivity (Wildman–Crippen MR) is 114 cm³/mol. The van der Waals surface area contributed by atoms with Crippen molar-refractivity contribution in [1.29, 1.82) is 0 Å². The van der Waals surface area contributed by atoms with Gasteiger partial charge < -0.3 is 106 Å². The van der Waals surface area contributed by atoms with Gasteiger partial charge in [-0.05, 0) is 24.3 Å². The molecule has 1 aliphatic rings. The van der Waals surface area contributed by atoms with Crippen LogP contribution in [0, 0.1) is 0 Å². The van der Waals surface area contributed by atoms with Crippen LogP contribution in [-0.4, -0.2) is 62.3 Å². The highest BCUT2D eigenvalue weighted by Crippen LogP contribution is 1.97. The lowest BCUT2D eigenvalue weighted by Gasteiger charge is -2.06. The molecule has 0 aromatic carbocycles. The summed E-state index contributed by atoms with van der Waals surface area (Å²) >= 11 is 0. The minimum Gasteiger partial charge on any atom is -1.00 e. The normalized spacial score (nSPS) is 15.8. The number of quaternary nitrogens is 6. The summed E-state index contributed by atoms with van der Waals surface area (Å²) in [6.07, 6.45) is 0. The van der Waals surface area contributed by atoms with Crippen molar-refractivity contribution in [2.75, 3.05) is 52.4 Å². The molecule has 0 spiro atoms. The maximum Gasteiger partial charge on any atom is 0.126 e. The van der Waals surface area contributed by atoms with E-state index < -0.39 is 0 Å². The minimum atomic E-state index is 0. The molecular formula is C22H42Cl6N8. The Bertz CT molecular complexity index is 635. The van der Waals surface area contributed by atoms with E-state index in [1.54, 1.807) is 0 Å². The highest BCUT2D eigenvalue weighted by Gasteiger charge is 2.05. The highest BCUT2D eigenvalue weighted by molar-refractivity contribution is 5.10. The maximum atomic E-state index is 4.82. The Kier molecular flexibility index (Phi) is 33.1. The monoisotopic (exact) mass is 628 g/mol. The van der Waals surface area contributed by atoms with Gasteiger partial charge in [0.25, 0.3) is 0 Å². The zero-order valence-corrected chi connectivity index (χ0v) is 25.1. The second-order valence-electron chi connectivity index (χ2n) is 8.10. The zero-order valence-electron chi connectivity index (χ0n) is 20.6. The van der Waals surface area contributed by atoms with Gasteiger partial charge in [0, 0.05) is 0 Å². The number of nitrogens with two attached hydrogens (primary N) is 6. The number of rotatable bonds is 0. The van der Waals surface area contributed by atoms with Crippen LogP contribution < -0.4 is 106 Å². The van der Waals surface area contributed by atoms with E-state index in [2.05, 4.69) is 68.3 Å². The number of hydrogen-bond acceptors (Lipinski definition) is 2. The maximum absolute atomic E-state index is 4.82. The molecule has 12 N–H and O–H groups in total. The Morgan fingerprint density at radius 2 is 0.583 bits per heavy atom. The molecule has 0 saturated heterocycles. The largest absolute Gasteiger partial charge is 1.00 e. The third kappa shape index (κ3) is 19.0. The summed E-state index contributed by atoms with van der Waals surface area (Å²) in [6.45, 7) is 13.0. The van der Waals surface area contributed by atoms with Gasteiger partial charge in [0.1, 0.15) is 78.5 Å². The van der Waals surface area contributed by atoms with Crippen LogP contribution in [0.25, 0.3) is 0 Å². The number of aromatic nitrogens is 2. The Labute approximate surface area is 253 Å². The molecule has 0 radical (unpaired) electrons. The van der Waals surface area contributed by atoms with Gasteiger partial charge in [0.15, 0.2) is 0 Å². The molecule has 0 saturated carbocycles. The van der Waals surface area contributed by atoms with E-state index in [4.69, 9.17) is 9.97 Å². The average Bonchev–Trinajstić information content (AvgIpc) is 2.77. The van der Waals surface area contributed by atoms with E-state index in [9.17, 15) is 0 Å². The van der Waals surface area contributed by atoms with Gasteiger partial charge in [0.2, 0.25) is 0 Å². The summed E-state index contributed by atoms with van der Waals surface area (Å²) in [5.74, 6) is 0. The van der Waals surface area contributed by atoms with Crippen molar-refractivity contribution in [3.05, 3.63) is 59.2 Å². The summed E-state index contributed by atoms with van der Waals surface area (Å²) in [5, 5.41) is 14.3. The van der Waals surface area contributed by atoms with Gasteiger partial charge in [-0.3, -0.25) is 0 Å². The van der Waals surface area contributed by atoms with Gasteiger partial charge >= 0.3 is 0 Å². The van der Waals surface area contributed by atoms with E-state index >= 15 is 0 Å². The smallest absolute Gasteiger partial charge is 0.126 e. The van der Waals surface area contributed by atoms with Crippen LogP contribution >= 0.6 is 0 Å². The molecule has 3 heterocycles. The Hall–Kier alpha value is -0.200. The first kappa shape index (κ1) is 42.9. The fourth-order valence-corrected chi connectivity index (χ4v) is 3.74. The van der Waals surface area contributed by atoms with Crippen molar-refractivity contribution in [3.63, 3.8) is 0 Å². The Morgan fingerprint density at radius 3 is 0.833 bits per heavy atom. The SMILES string of the molecule is [Cl-].[Cl-].[Cl-].[Cl-].[Cl-].[Cl-].c1cc2nc(c1)C[NH2+]CC[NH2+]CC[NH2+]Cc1cccc(n1)C[NH2+]CC[NH2+]CC[NH2+]C2. The highest BCUT2D eigenvalue weighted by atomic mass is 35.5. The first-order chi connectivity index (χ1) is 14.9. The quantitative estimate of drug-likeness (QED) is 0.173. The Morgan fingerprint density at radius 1 is 0.361 bits per heavy atom. The van der Waals surface area contributed by atoms with E-state index in [0.717, 1.165) is 78.5 Å². The number of nitrogens with zero attached hydrogens (tertiary/aromatic N) is 2. The van der Waals surface area contributed by atoms with Gasteiger partial charge in [0.05, 0.1) is 22.8 Å². The van der Waals surface area contributed by atoms with E-state index in [1.165, 1.54) is 22.8 Å². The van der Waals surface area contributed by atoms with Crippen molar-refractivity contribution in [3.8, 4) is 0 Å². The van der Waals surface area contributed by atoms with Crippen molar-refractivity contribution < 1.29 is 106 Å². The molecule has 0 atom stereocenters. The summed E-state index contributed by atoms with van der Waals surface area (Å²) in [4.78, 5) is 9.64. The van der Waals surface area contributed by atoms with E-state index in [0.29, 0.717) is 0 Å². The van der Waals surface area contributed by atoms with Gasteiger partial charge in [-0.2, -0.15) is 0 Å². The van der Waals surface area contributed by atoms with Crippen LogP contribution in [0.3, 0.4) is 0 Å². The lowest BCUT2D eigenvalue weighted by atomic mass is 10.3. The molecule has 4 bridgehead atoms. The Balaban J connectivity index is -0.000000853. The van der Waals surface area contributed by atoms with Gasteiger partial charge in [-0.1, -0.05) is 12.1 Å². The third-order valence-corrected chi connectivity index (χ3v) is 5.44. The van der Waals surface area contributed by atoms with Crippen LogP contribution in [0.2, 0.25) is 0 Å². The molecule has 2 aromatic heterocycles. The molecule has 0 fully saturated rings. The van der Waals surface area contributed by atoms with Crippen LogP contribution in [0.15, 0.2) is 36.4 Å². The summed E-state index contributed by atoms with van der Waals surface area (Å²) < 4.78 is 0. The molecule has 3 rings (SSSR count). The summed E-state index contributed by atoms with van der Waals surface area (Å²) in [5.41, 5.74) is 4.78. The molecule has 8 nitrogen and oxygen atoms in total. The predicted octanol–water partition coefficient (Wildman–Crippen LogP) is -24.4. The molecule has 212 valence electrons. The first-order valence-electron chi connectivity index (χ1n) is 11.7. The van der Waals surface area contributed by atoms with Crippen molar-refractivity contribution in [1.82, 2.24) is 9.97 Å².